The van der Waals surface area contributed by atoms with Gasteiger partial charge in [0.05, 0.1) is 23.4 Å². The van der Waals surface area contributed by atoms with Crippen LogP contribution in [0.2, 0.25) is 0 Å². The van der Waals surface area contributed by atoms with Crippen molar-refractivity contribution in [2.45, 2.75) is 37.6 Å². The Kier molecular flexibility index (Phi) is 4.08. The highest BCUT2D eigenvalue weighted by atomic mass is 32.2. The normalized spacial score (nSPS) is 15.8. The van der Waals surface area contributed by atoms with Crippen molar-refractivity contribution in [3.63, 3.8) is 0 Å². The molecule has 1 aliphatic heterocycles. The molecule has 28 heavy (non-hydrogen) atoms. The number of hydrogen-bond donors (Lipinski definition) is 1. The number of aromatic amines is 1. The summed E-state index contributed by atoms with van der Waals surface area (Å²) in [5, 5.41) is 1.64. The SMILES string of the molecule is CSc1nc2c(sc3nc(-c4ccccc4)c4c(c32)CC(C)(C)OC4)c(=O)[nH]1. The van der Waals surface area contributed by atoms with E-state index in [2.05, 4.69) is 31.0 Å². The van der Waals surface area contributed by atoms with E-state index in [1.807, 2.05) is 24.5 Å². The summed E-state index contributed by atoms with van der Waals surface area (Å²) < 4.78 is 6.77. The lowest BCUT2D eigenvalue weighted by atomic mass is 9.88. The van der Waals surface area contributed by atoms with Gasteiger partial charge in [-0.3, -0.25) is 4.79 Å². The Morgan fingerprint density at radius 2 is 1.96 bits per heavy atom. The number of aromatic nitrogens is 3. The summed E-state index contributed by atoms with van der Waals surface area (Å²) in [5.74, 6) is 0. The number of benzene rings is 1. The zero-order valence-electron chi connectivity index (χ0n) is 15.8. The molecular formula is C21H19N3O2S2. The molecule has 1 aromatic carbocycles. The lowest BCUT2D eigenvalue weighted by Gasteiger charge is -2.33. The number of hydrogen-bond acceptors (Lipinski definition) is 6. The van der Waals surface area contributed by atoms with Gasteiger partial charge >= 0.3 is 0 Å². The quantitative estimate of drug-likeness (QED) is 0.381. The number of nitrogens with zero attached hydrogens (tertiary/aromatic N) is 2. The number of ether oxygens (including phenoxy) is 1. The van der Waals surface area contributed by atoms with Crippen molar-refractivity contribution in [2.75, 3.05) is 6.26 Å². The Balaban J connectivity index is 1.92. The van der Waals surface area contributed by atoms with E-state index in [1.54, 1.807) is 0 Å². The number of thioether (sulfide) groups is 1. The largest absolute Gasteiger partial charge is 0.370 e. The molecule has 0 atom stereocenters. The first kappa shape index (κ1) is 17.8. The molecule has 0 aliphatic carbocycles. The highest BCUT2D eigenvalue weighted by molar-refractivity contribution is 7.98. The third-order valence-corrected chi connectivity index (χ3v) is 6.77. The van der Waals surface area contributed by atoms with E-state index in [0.717, 1.165) is 39.0 Å². The average Bonchev–Trinajstić information content (AvgIpc) is 3.06. The first-order valence-corrected chi connectivity index (χ1v) is 11.1. The molecule has 0 unspecified atom stereocenters. The summed E-state index contributed by atoms with van der Waals surface area (Å²) in [7, 11) is 0. The lowest BCUT2D eigenvalue weighted by Crippen LogP contribution is -2.32. The van der Waals surface area contributed by atoms with Crippen LogP contribution in [0.1, 0.15) is 25.0 Å². The minimum atomic E-state index is -0.271. The first-order chi connectivity index (χ1) is 13.5. The van der Waals surface area contributed by atoms with Crippen LogP contribution < -0.4 is 5.56 Å². The Labute approximate surface area is 170 Å². The molecule has 7 heteroatoms. The molecule has 3 aromatic heterocycles. The highest BCUT2D eigenvalue weighted by Crippen LogP contribution is 2.42. The van der Waals surface area contributed by atoms with Crippen molar-refractivity contribution in [3.8, 4) is 11.3 Å². The maximum absolute atomic E-state index is 12.6. The van der Waals surface area contributed by atoms with Gasteiger partial charge in [0.25, 0.3) is 5.56 Å². The molecule has 0 fully saturated rings. The van der Waals surface area contributed by atoms with E-state index >= 15 is 0 Å². The second kappa shape index (κ2) is 6.40. The van der Waals surface area contributed by atoms with Crippen molar-refractivity contribution in [1.82, 2.24) is 15.0 Å². The standard InChI is InChI=1S/C21H19N3O2S2/c1-21(2)9-12-13(10-26-21)15(11-7-5-4-6-8-11)22-19-14(12)16-17(28-19)18(25)24-20(23-16)27-3/h4-8H,9-10H2,1-3H3,(H,23,24,25). The third kappa shape index (κ3) is 2.77. The van der Waals surface area contributed by atoms with Gasteiger partial charge in [-0.1, -0.05) is 42.1 Å². The summed E-state index contributed by atoms with van der Waals surface area (Å²) in [5.41, 5.74) is 4.70. The van der Waals surface area contributed by atoms with Crippen molar-refractivity contribution < 1.29 is 4.74 Å². The van der Waals surface area contributed by atoms with Crippen molar-refractivity contribution in [2.24, 2.45) is 0 Å². The summed E-state index contributed by atoms with van der Waals surface area (Å²) in [6.45, 7) is 4.71. The van der Waals surface area contributed by atoms with Crippen LogP contribution in [-0.4, -0.2) is 26.8 Å². The fraction of sp³-hybridized carbons (Fsp3) is 0.286. The molecule has 0 saturated heterocycles. The van der Waals surface area contributed by atoms with Crippen LogP contribution >= 0.6 is 23.1 Å². The van der Waals surface area contributed by atoms with E-state index in [-0.39, 0.29) is 11.2 Å². The van der Waals surface area contributed by atoms with E-state index in [9.17, 15) is 4.79 Å². The van der Waals surface area contributed by atoms with E-state index in [0.29, 0.717) is 16.5 Å². The Morgan fingerprint density at radius 1 is 1.18 bits per heavy atom. The zero-order valence-corrected chi connectivity index (χ0v) is 17.5. The van der Waals surface area contributed by atoms with Crippen molar-refractivity contribution in [1.29, 1.82) is 0 Å². The molecule has 0 spiro atoms. The molecule has 5 rings (SSSR count). The summed E-state index contributed by atoms with van der Waals surface area (Å²) in [6, 6.07) is 10.2. The van der Waals surface area contributed by atoms with Gasteiger partial charge in [0, 0.05) is 22.9 Å². The van der Waals surface area contributed by atoms with Gasteiger partial charge in [-0.2, -0.15) is 0 Å². The molecule has 1 aliphatic rings. The van der Waals surface area contributed by atoms with Crippen LogP contribution in [0.25, 0.3) is 31.7 Å². The smallest absolute Gasteiger partial charge is 0.269 e. The molecule has 0 bridgehead atoms. The molecule has 0 radical (unpaired) electrons. The Bertz CT molecular complexity index is 1280. The number of rotatable bonds is 2. The second-order valence-corrected chi connectivity index (χ2v) is 9.34. The van der Waals surface area contributed by atoms with E-state index in [1.165, 1.54) is 28.7 Å². The molecule has 5 nitrogen and oxygen atoms in total. The summed E-state index contributed by atoms with van der Waals surface area (Å²) in [6.07, 6.45) is 2.67. The van der Waals surface area contributed by atoms with E-state index in [4.69, 9.17) is 14.7 Å². The molecular weight excluding hydrogens is 390 g/mol. The van der Waals surface area contributed by atoms with Gasteiger partial charge in [0.1, 0.15) is 9.53 Å². The van der Waals surface area contributed by atoms with E-state index < -0.39 is 0 Å². The number of H-pyrrole nitrogens is 1. The van der Waals surface area contributed by atoms with Gasteiger partial charge < -0.3 is 9.72 Å². The maximum Gasteiger partial charge on any atom is 0.269 e. The van der Waals surface area contributed by atoms with Gasteiger partial charge in [0.2, 0.25) is 0 Å². The Hall–Kier alpha value is -2.22. The molecule has 142 valence electrons. The van der Waals surface area contributed by atoms with Crippen LogP contribution in [0.4, 0.5) is 0 Å². The summed E-state index contributed by atoms with van der Waals surface area (Å²) in [4.78, 5) is 26.1. The number of fused-ring (bicyclic) bond motifs is 5. The van der Waals surface area contributed by atoms with Gasteiger partial charge in [-0.25, -0.2) is 9.97 Å². The molecule has 4 aromatic rings. The minimum absolute atomic E-state index is 0.0984. The zero-order chi connectivity index (χ0) is 19.5. The topological polar surface area (TPSA) is 67.9 Å². The number of nitrogens with one attached hydrogen (secondary N) is 1. The van der Waals surface area contributed by atoms with Crippen LogP contribution in [0.3, 0.4) is 0 Å². The second-order valence-electron chi connectivity index (χ2n) is 7.54. The van der Waals surface area contributed by atoms with Gasteiger partial charge in [-0.15, -0.1) is 11.3 Å². The van der Waals surface area contributed by atoms with Gasteiger partial charge in [0.15, 0.2) is 5.16 Å². The molecule has 4 heterocycles. The fourth-order valence-corrected chi connectivity index (χ4v) is 5.21. The third-order valence-electron chi connectivity index (χ3n) is 5.12. The van der Waals surface area contributed by atoms with Crippen LogP contribution in [-0.2, 0) is 17.8 Å². The van der Waals surface area contributed by atoms with Crippen molar-refractivity contribution in [3.05, 3.63) is 51.8 Å². The predicted octanol–water partition coefficient (Wildman–Crippen LogP) is 4.77. The minimum Gasteiger partial charge on any atom is -0.370 e. The monoisotopic (exact) mass is 409 g/mol. The van der Waals surface area contributed by atoms with Crippen LogP contribution in [0, 0.1) is 0 Å². The number of thiophene rings is 1. The lowest BCUT2D eigenvalue weighted by molar-refractivity contribution is -0.0394. The van der Waals surface area contributed by atoms with Crippen LogP contribution in [0.15, 0.2) is 40.3 Å². The summed E-state index contributed by atoms with van der Waals surface area (Å²) >= 11 is 2.86. The predicted molar refractivity (Wildman–Crippen MR) is 115 cm³/mol. The highest BCUT2D eigenvalue weighted by Gasteiger charge is 2.32. The van der Waals surface area contributed by atoms with Crippen LogP contribution in [0.5, 0.6) is 0 Å². The van der Waals surface area contributed by atoms with Gasteiger partial charge in [-0.05, 0) is 25.7 Å². The molecule has 1 N–H and O–H groups in total. The first-order valence-electron chi connectivity index (χ1n) is 9.08. The molecule has 0 amide bonds. The number of pyridine rings is 1. The van der Waals surface area contributed by atoms with Crippen molar-refractivity contribution >= 4 is 43.5 Å². The Morgan fingerprint density at radius 3 is 2.71 bits per heavy atom. The molecule has 0 saturated carbocycles. The fourth-order valence-electron chi connectivity index (χ4n) is 3.79. The average molecular weight is 410 g/mol. The maximum atomic E-state index is 12.6.